The predicted molar refractivity (Wildman–Crippen MR) is 70.9 cm³/mol. The number of carboxylic acid groups (broad SMARTS) is 1. The number of nitrogens with zero attached hydrogens (tertiary/aromatic N) is 2. The molecule has 0 spiro atoms. The number of carbonyl (C=O) groups is 2. The van der Waals surface area contributed by atoms with E-state index in [0.29, 0.717) is 24.1 Å². The van der Waals surface area contributed by atoms with Crippen LogP contribution in [-0.2, 0) is 18.3 Å². The summed E-state index contributed by atoms with van der Waals surface area (Å²) >= 11 is 0. The Hall–Kier alpha value is -1.85. The number of rotatable bonds is 6. The largest absolute Gasteiger partial charge is 0.480 e. The Morgan fingerprint density at radius 1 is 1.47 bits per heavy atom. The molecule has 2 N–H and O–H groups in total. The number of aryl methyl sites for hydroxylation is 2. The number of hydrogen-bond donors (Lipinski definition) is 2. The van der Waals surface area contributed by atoms with Crippen molar-refractivity contribution in [3.63, 3.8) is 0 Å². The zero-order chi connectivity index (χ0) is 14.6. The van der Waals surface area contributed by atoms with E-state index in [1.165, 1.54) is 0 Å². The van der Waals surface area contributed by atoms with Crippen LogP contribution < -0.4 is 5.32 Å². The lowest BCUT2D eigenvalue weighted by molar-refractivity contribution is -0.139. The van der Waals surface area contributed by atoms with E-state index in [1.807, 2.05) is 20.8 Å². The van der Waals surface area contributed by atoms with Gasteiger partial charge in [0.15, 0.2) is 0 Å². The number of hydrogen-bond acceptors (Lipinski definition) is 3. The van der Waals surface area contributed by atoms with Gasteiger partial charge in [0.1, 0.15) is 6.04 Å². The Morgan fingerprint density at radius 3 is 2.58 bits per heavy atom. The highest BCUT2D eigenvalue weighted by molar-refractivity contribution is 5.97. The van der Waals surface area contributed by atoms with Crippen molar-refractivity contribution >= 4 is 11.9 Å². The first-order valence-corrected chi connectivity index (χ1v) is 6.41. The highest BCUT2D eigenvalue weighted by atomic mass is 16.4. The topological polar surface area (TPSA) is 84.2 Å². The van der Waals surface area contributed by atoms with Crippen molar-refractivity contribution in [3.8, 4) is 0 Å². The maximum absolute atomic E-state index is 12.1. The molecule has 1 amide bonds. The maximum Gasteiger partial charge on any atom is 0.326 e. The second-order valence-corrected chi connectivity index (χ2v) is 5.01. The highest BCUT2D eigenvalue weighted by Crippen LogP contribution is 2.10. The van der Waals surface area contributed by atoms with Crippen LogP contribution in [0.2, 0.25) is 0 Å². The molecule has 1 aromatic rings. The standard InChI is InChI=1S/C13H21N3O3/c1-5-10-9(7-16(4)15-10)12(17)14-11(13(18)19)6-8(2)3/h7-8,11H,5-6H2,1-4H3,(H,14,17)(H,18,19). The van der Waals surface area contributed by atoms with Crippen LogP contribution >= 0.6 is 0 Å². The van der Waals surface area contributed by atoms with E-state index in [9.17, 15) is 9.59 Å². The smallest absolute Gasteiger partial charge is 0.326 e. The molecule has 0 aliphatic carbocycles. The molecule has 6 heteroatoms. The average Bonchev–Trinajstić information content (AvgIpc) is 2.68. The molecule has 0 saturated carbocycles. The van der Waals surface area contributed by atoms with Crippen LogP contribution in [0.3, 0.4) is 0 Å². The van der Waals surface area contributed by atoms with Crippen molar-refractivity contribution in [1.82, 2.24) is 15.1 Å². The van der Waals surface area contributed by atoms with Gasteiger partial charge in [-0.15, -0.1) is 0 Å². The molecule has 0 fully saturated rings. The van der Waals surface area contributed by atoms with Crippen molar-refractivity contribution in [2.75, 3.05) is 0 Å². The highest BCUT2D eigenvalue weighted by Gasteiger charge is 2.23. The van der Waals surface area contributed by atoms with Crippen molar-refractivity contribution in [2.24, 2.45) is 13.0 Å². The number of amides is 1. The summed E-state index contributed by atoms with van der Waals surface area (Å²) in [6, 6.07) is -0.864. The van der Waals surface area contributed by atoms with Gasteiger partial charge in [0.05, 0.1) is 11.3 Å². The van der Waals surface area contributed by atoms with Gasteiger partial charge >= 0.3 is 5.97 Å². The SMILES string of the molecule is CCc1nn(C)cc1C(=O)NC(CC(C)C)C(=O)O. The van der Waals surface area contributed by atoms with Gasteiger partial charge < -0.3 is 10.4 Å². The molecule has 6 nitrogen and oxygen atoms in total. The van der Waals surface area contributed by atoms with E-state index in [-0.39, 0.29) is 11.8 Å². The molecule has 19 heavy (non-hydrogen) atoms. The van der Waals surface area contributed by atoms with Gasteiger partial charge in [-0.05, 0) is 18.8 Å². The fourth-order valence-electron chi connectivity index (χ4n) is 1.91. The summed E-state index contributed by atoms with van der Waals surface area (Å²) in [4.78, 5) is 23.2. The molecule has 1 atom stereocenters. The molecule has 0 aliphatic rings. The molecule has 1 unspecified atom stereocenters. The van der Waals surface area contributed by atoms with Crippen molar-refractivity contribution in [1.29, 1.82) is 0 Å². The van der Waals surface area contributed by atoms with Gasteiger partial charge in [-0.3, -0.25) is 9.48 Å². The summed E-state index contributed by atoms with van der Waals surface area (Å²) in [7, 11) is 1.73. The fourth-order valence-corrected chi connectivity index (χ4v) is 1.91. The normalized spacial score (nSPS) is 12.5. The third-order valence-corrected chi connectivity index (χ3v) is 2.80. The third-order valence-electron chi connectivity index (χ3n) is 2.80. The summed E-state index contributed by atoms with van der Waals surface area (Å²) in [6.45, 7) is 5.75. The summed E-state index contributed by atoms with van der Waals surface area (Å²) in [6.07, 6.45) is 2.65. The van der Waals surface area contributed by atoms with Crippen LogP contribution in [0, 0.1) is 5.92 Å². The molecule has 1 heterocycles. The number of nitrogens with one attached hydrogen (secondary N) is 1. The number of carbonyl (C=O) groups excluding carboxylic acids is 1. The zero-order valence-corrected chi connectivity index (χ0v) is 11.8. The predicted octanol–water partition coefficient (Wildman–Crippen LogP) is 1.21. The van der Waals surface area contributed by atoms with E-state index in [4.69, 9.17) is 5.11 Å². The quantitative estimate of drug-likeness (QED) is 0.811. The van der Waals surface area contributed by atoms with E-state index >= 15 is 0 Å². The monoisotopic (exact) mass is 267 g/mol. The number of aliphatic carboxylic acids is 1. The second-order valence-electron chi connectivity index (χ2n) is 5.01. The first kappa shape index (κ1) is 15.2. The van der Waals surface area contributed by atoms with Gasteiger partial charge in [-0.25, -0.2) is 4.79 Å². The summed E-state index contributed by atoms with van der Waals surface area (Å²) in [5.41, 5.74) is 1.12. The van der Waals surface area contributed by atoms with Gasteiger partial charge in [0.25, 0.3) is 5.91 Å². The molecule has 0 aromatic carbocycles. The van der Waals surface area contributed by atoms with E-state index in [1.54, 1.807) is 17.9 Å². The van der Waals surface area contributed by atoms with Gasteiger partial charge in [0, 0.05) is 13.2 Å². The Labute approximate surface area is 112 Å². The molecule has 106 valence electrons. The van der Waals surface area contributed by atoms with Crippen LogP contribution in [0.15, 0.2) is 6.20 Å². The molecule has 1 rings (SSSR count). The van der Waals surface area contributed by atoms with Crippen LogP contribution in [-0.4, -0.2) is 32.8 Å². The number of carboxylic acids is 1. The third kappa shape index (κ3) is 4.08. The molecular weight excluding hydrogens is 246 g/mol. The Morgan fingerprint density at radius 2 is 2.11 bits per heavy atom. The van der Waals surface area contributed by atoms with Crippen molar-refractivity contribution < 1.29 is 14.7 Å². The second kappa shape index (κ2) is 6.36. The fraction of sp³-hybridized carbons (Fsp3) is 0.615. The first-order valence-electron chi connectivity index (χ1n) is 6.41. The molecule has 0 aliphatic heterocycles. The minimum absolute atomic E-state index is 0.195. The minimum Gasteiger partial charge on any atom is -0.480 e. The Bertz CT molecular complexity index is 466. The van der Waals surface area contributed by atoms with Gasteiger partial charge in [-0.1, -0.05) is 20.8 Å². The molecule has 0 bridgehead atoms. The van der Waals surface area contributed by atoms with E-state index < -0.39 is 12.0 Å². The summed E-state index contributed by atoms with van der Waals surface area (Å²) in [5, 5.41) is 15.8. The first-order chi connectivity index (χ1) is 8.85. The minimum atomic E-state index is -1.01. The Kier molecular flexibility index (Phi) is 5.09. The van der Waals surface area contributed by atoms with Crippen molar-refractivity contribution in [2.45, 2.75) is 39.7 Å². The Balaban J connectivity index is 2.84. The zero-order valence-electron chi connectivity index (χ0n) is 11.8. The lowest BCUT2D eigenvalue weighted by Crippen LogP contribution is -2.41. The molecule has 0 radical (unpaired) electrons. The molecule has 0 saturated heterocycles. The van der Waals surface area contributed by atoms with Crippen LogP contribution in [0.4, 0.5) is 0 Å². The lowest BCUT2D eigenvalue weighted by Gasteiger charge is -2.16. The van der Waals surface area contributed by atoms with Crippen LogP contribution in [0.5, 0.6) is 0 Å². The van der Waals surface area contributed by atoms with Crippen LogP contribution in [0.1, 0.15) is 43.2 Å². The summed E-state index contributed by atoms with van der Waals surface area (Å²) in [5.74, 6) is -1.19. The molecule has 1 aromatic heterocycles. The number of aromatic nitrogens is 2. The summed E-state index contributed by atoms with van der Waals surface area (Å²) < 4.78 is 1.56. The van der Waals surface area contributed by atoms with E-state index in [0.717, 1.165) is 0 Å². The lowest BCUT2D eigenvalue weighted by atomic mass is 10.0. The van der Waals surface area contributed by atoms with Crippen molar-refractivity contribution in [3.05, 3.63) is 17.5 Å². The maximum atomic E-state index is 12.1. The average molecular weight is 267 g/mol. The van der Waals surface area contributed by atoms with E-state index in [2.05, 4.69) is 10.4 Å². The van der Waals surface area contributed by atoms with Gasteiger partial charge in [-0.2, -0.15) is 5.10 Å². The molecular formula is C13H21N3O3. The van der Waals surface area contributed by atoms with Crippen LogP contribution in [0.25, 0.3) is 0 Å². The van der Waals surface area contributed by atoms with Gasteiger partial charge in [0.2, 0.25) is 0 Å².